The quantitative estimate of drug-likeness (QED) is 0.170. The second-order valence-corrected chi connectivity index (χ2v) is 7.23. The smallest absolute Gasteiger partial charge is 0.343 e. The first-order valence-electron chi connectivity index (χ1n) is 9.11. The molecule has 0 heterocycles. The van der Waals surface area contributed by atoms with Crippen LogP contribution in [0, 0.1) is 10.1 Å². The van der Waals surface area contributed by atoms with Gasteiger partial charge < -0.3 is 9.47 Å². The van der Waals surface area contributed by atoms with Crippen molar-refractivity contribution >= 4 is 39.7 Å². The van der Waals surface area contributed by atoms with E-state index in [2.05, 4.69) is 26.5 Å². The Kier molecular flexibility index (Phi) is 7.29. The van der Waals surface area contributed by atoms with Crippen molar-refractivity contribution in [3.05, 3.63) is 98.0 Å². The van der Waals surface area contributed by atoms with E-state index in [9.17, 15) is 19.7 Å². The molecule has 0 aliphatic rings. The van der Waals surface area contributed by atoms with E-state index in [1.165, 1.54) is 43.7 Å². The highest BCUT2D eigenvalue weighted by Gasteiger charge is 2.14. The Hall–Kier alpha value is -4.05. The molecule has 0 atom stereocenters. The van der Waals surface area contributed by atoms with Crippen molar-refractivity contribution in [2.45, 2.75) is 0 Å². The lowest BCUT2D eigenvalue weighted by Gasteiger charge is -2.10. The number of esters is 1. The van der Waals surface area contributed by atoms with Gasteiger partial charge in [0.1, 0.15) is 0 Å². The van der Waals surface area contributed by atoms with E-state index in [1.54, 1.807) is 30.3 Å². The standard InChI is InChI=1S/C22H16BrN3O6/c1-31-20-11-14(13-24-25-21(27)16-3-2-4-17(23)12-16)5-10-19(20)32-22(28)15-6-8-18(9-7-15)26(29)30/h2-13H,1H3,(H,25,27). The lowest BCUT2D eigenvalue weighted by molar-refractivity contribution is -0.384. The minimum Gasteiger partial charge on any atom is -0.493 e. The summed E-state index contributed by atoms with van der Waals surface area (Å²) in [5.74, 6) is -0.641. The Bertz CT molecular complexity index is 1190. The SMILES string of the molecule is COc1cc(C=NNC(=O)c2cccc(Br)c2)ccc1OC(=O)c1ccc([N+](=O)[O-])cc1. The van der Waals surface area contributed by atoms with Crippen LogP contribution >= 0.6 is 15.9 Å². The van der Waals surface area contributed by atoms with E-state index in [4.69, 9.17) is 9.47 Å². The van der Waals surface area contributed by atoms with E-state index in [0.29, 0.717) is 11.1 Å². The largest absolute Gasteiger partial charge is 0.493 e. The third-order valence-electron chi connectivity index (χ3n) is 4.17. The van der Waals surface area contributed by atoms with Crippen molar-refractivity contribution in [3.63, 3.8) is 0 Å². The molecule has 0 aliphatic heterocycles. The zero-order valence-electron chi connectivity index (χ0n) is 16.7. The van der Waals surface area contributed by atoms with Crippen molar-refractivity contribution in [2.24, 2.45) is 5.10 Å². The van der Waals surface area contributed by atoms with Gasteiger partial charge in [-0.2, -0.15) is 5.10 Å². The van der Waals surface area contributed by atoms with E-state index < -0.39 is 10.9 Å². The van der Waals surface area contributed by atoms with Crippen LogP contribution in [0.4, 0.5) is 5.69 Å². The van der Waals surface area contributed by atoms with Crippen LogP contribution in [0.25, 0.3) is 0 Å². The van der Waals surface area contributed by atoms with Crippen molar-refractivity contribution in [1.29, 1.82) is 0 Å². The summed E-state index contributed by atoms with van der Waals surface area (Å²) in [5.41, 5.74) is 3.49. The molecule has 0 bridgehead atoms. The predicted octanol–water partition coefficient (Wildman–Crippen LogP) is 4.35. The van der Waals surface area contributed by atoms with Crippen LogP contribution in [0.5, 0.6) is 11.5 Å². The van der Waals surface area contributed by atoms with E-state index >= 15 is 0 Å². The van der Waals surface area contributed by atoms with Gasteiger partial charge in [-0.3, -0.25) is 14.9 Å². The maximum absolute atomic E-state index is 12.3. The van der Waals surface area contributed by atoms with E-state index in [1.807, 2.05) is 6.07 Å². The zero-order chi connectivity index (χ0) is 23.1. The summed E-state index contributed by atoms with van der Waals surface area (Å²) >= 11 is 3.30. The number of carbonyl (C=O) groups excluding carboxylic acids is 2. The molecule has 0 fully saturated rings. The number of hydrogen-bond donors (Lipinski definition) is 1. The number of nitrogens with one attached hydrogen (secondary N) is 1. The maximum Gasteiger partial charge on any atom is 0.343 e. The fourth-order valence-electron chi connectivity index (χ4n) is 2.59. The highest BCUT2D eigenvalue weighted by atomic mass is 79.9. The molecule has 3 aromatic rings. The Morgan fingerprint density at radius 1 is 1.03 bits per heavy atom. The summed E-state index contributed by atoms with van der Waals surface area (Å²) in [4.78, 5) is 34.6. The van der Waals surface area contributed by atoms with Gasteiger partial charge in [0.15, 0.2) is 11.5 Å². The molecule has 0 saturated carbocycles. The Morgan fingerprint density at radius 3 is 2.44 bits per heavy atom. The minimum absolute atomic E-state index is 0.130. The summed E-state index contributed by atoms with van der Waals surface area (Å²) in [6, 6.07) is 16.6. The first-order chi connectivity index (χ1) is 15.4. The molecule has 0 saturated heterocycles. The van der Waals surface area contributed by atoms with Crippen LogP contribution in [0.3, 0.4) is 0 Å². The normalized spacial score (nSPS) is 10.6. The first-order valence-corrected chi connectivity index (χ1v) is 9.90. The van der Waals surface area contributed by atoms with Gasteiger partial charge in [-0.05, 0) is 54.1 Å². The molecular formula is C22H16BrN3O6. The lowest BCUT2D eigenvalue weighted by atomic mass is 10.2. The van der Waals surface area contributed by atoms with E-state index in [0.717, 1.165) is 4.47 Å². The summed E-state index contributed by atoms with van der Waals surface area (Å²) in [6.45, 7) is 0. The Balaban J connectivity index is 1.67. The molecule has 9 nitrogen and oxygen atoms in total. The molecule has 1 amide bonds. The summed E-state index contributed by atoms with van der Waals surface area (Å²) < 4.78 is 11.4. The topological polar surface area (TPSA) is 120 Å². The number of carbonyl (C=O) groups is 2. The molecule has 1 N–H and O–H groups in total. The fraction of sp³-hybridized carbons (Fsp3) is 0.0455. The molecule has 3 aromatic carbocycles. The van der Waals surface area contributed by atoms with Gasteiger partial charge in [-0.25, -0.2) is 10.2 Å². The molecule has 3 rings (SSSR count). The average molecular weight is 498 g/mol. The van der Waals surface area contributed by atoms with Crippen LogP contribution in [0.1, 0.15) is 26.3 Å². The van der Waals surface area contributed by atoms with Crippen LogP contribution < -0.4 is 14.9 Å². The van der Waals surface area contributed by atoms with Gasteiger partial charge in [-0.1, -0.05) is 22.0 Å². The minimum atomic E-state index is -0.694. The summed E-state index contributed by atoms with van der Waals surface area (Å²) in [6.07, 6.45) is 1.42. The average Bonchev–Trinajstić information content (AvgIpc) is 2.79. The van der Waals surface area contributed by atoms with Crippen LogP contribution in [-0.2, 0) is 0 Å². The van der Waals surface area contributed by atoms with Gasteiger partial charge in [0.25, 0.3) is 11.6 Å². The molecule has 0 radical (unpaired) electrons. The number of hydrazone groups is 1. The number of nitro benzene ring substituents is 1. The number of hydrogen-bond acceptors (Lipinski definition) is 7. The molecule has 0 aromatic heterocycles. The Labute approximate surface area is 190 Å². The van der Waals surface area contributed by atoms with Crippen molar-refractivity contribution in [2.75, 3.05) is 7.11 Å². The third-order valence-corrected chi connectivity index (χ3v) is 4.66. The maximum atomic E-state index is 12.3. The monoisotopic (exact) mass is 497 g/mol. The van der Waals surface area contributed by atoms with Gasteiger partial charge in [0.05, 0.1) is 23.8 Å². The number of amides is 1. The van der Waals surface area contributed by atoms with Gasteiger partial charge >= 0.3 is 5.97 Å². The second-order valence-electron chi connectivity index (χ2n) is 6.31. The van der Waals surface area contributed by atoms with E-state index in [-0.39, 0.29) is 28.7 Å². The molecule has 0 aliphatic carbocycles. The van der Waals surface area contributed by atoms with Crippen molar-refractivity contribution in [3.8, 4) is 11.5 Å². The lowest BCUT2D eigenvalue weighted by Crippen LogP contribution is -2.17. The molecule has 0 spiro atoms. The van der Waals surface area contributed by atoms with Crippen LogP contribution in [0.15, 0.2) is 76.3 Å². The molecule has 10 heteroatoms. The molecular weight excluding hydrogens is 482 g/mol. The Morgan fingerprint density at radius 2 is 1.78 bits per heavy atom. The fourth-order valence-corrected chi connectivity index (χ4v) is 2.99. The van der Waals surface area contributed by atoms with Crippen LogP contribution in [0.2, 0.25) is 0 Å². The summed E-state index contributed by atoms with van der Waals surface area (Å²) in [7, 11) is 1.41. The van der Waals surface area contributed by atoms with Crippen molar-refractivity contribution < 1.29 is 24.0 Å². The van der Waals surface area contributed by atoms with Gasteiger partial charge in [0, 0.05) is 22.2 Å². The predicted molar refractivity (Wildman–Crippen MR) is 120 cm³/mol. The van der Waals surface area contributed by atoms with Crippen molar-refractivity contribution in [1.82, 2.24) is 5.43 Å². The number of ether oxygens (including phenoxy) is 2. The van der Waals surface area contributed by atoms with Crippen LogP contribution in [-0.4, -0.2) is 30.1 Å². The highest BCUT2D eigenvalue weighted by molar-refractivity contribution is 9.10. The number of nitro groups is 1. The number of rotatable bonds is 7. The van der Waals surface area contributed by atoms with Gasteiger partial charge in [-0.15, -0.1) is 0 Å². The number of methoxy groups -OCH3 is 1. The second kappa shape index (κ2) is 10.3. The number of non-ortho nitro benzene ring substituents is 1. The highest BCUT2D eigenvalue weighted by Crippen LogP contribution is 2.28. The third kappa shape index (κ3) is 5.76. The molecule has 162 valence electrons. The molecule has 32 heavy (non-hydrogen) atoms. The number of halogens is 1. The number of nitrogens with zero attached hydrogens (tertiary/aromatic N) is 2. The zero-order valence-corrected chi connectivity index (χ0v) is 18.2. The van der Waals surface area contributed by atoms with Gasteiger partial charge in [0.2, 0.25) is 0 Å². The summed E-state index contributed by atoms with van der Waals surface area (Å²) in [5, 5.41) is 14.6. The number of benzene rings is 3. The first kappa shape index (κ1) is 22.6. The molecule has 0 unspecified atom stereocenters.